The Kier molecular flexibility index (Phi) is 5.00. The Bertz CT molecular complexity index is 409. The molecule has 0 atom stereocenters. The highest BCUT2D eigenvalue weighted by Crippen LogP contribution is 2.37. The summed E-state index contributed by atoms with van der Waals surface area (Å²) in [6.45, 7) is 5.07. The highest BCUT2D eigenvalue weighted by molar-refractivity contribution is 5.39. The van der Waals surface area contributed by atoms with E-state index in [9.17, 15) is 0 Å². The van der Waals surface area contributed by atoms with E-state index in [4.69, 9.17) is 0 Å². The lowest BCUT2D eigenvalue weighted by atomic mass is 9.75. The van der Waals surface area contributed by atoms with Crippen molar-refractivity contribution in [2.24, 2.45) is 0 Å². The van der Waals surface area contributed by atoms with Crippen molar-refractivity contribution in [2.45, 2.75) is 38.3 Å². The summed E-state index contributed by atoms with van der Waals surface area (Å²) in [4.78, 5) is 9.27. The normalized spacial score (nSPS) is 17.1. The van der Waals surface area contributed by atoms with Gasteiger partial charge in [0.05, 0.1) is 0 Å². The van der Waals surface area contributed by atoms with Crippen molar-refractivity contribution in [3.05, 3.63) is 23.9 Å². The van der Waals surface area contributed by atoms with E-state index in [1.807, 2.05) is 6.20 Å². The molecule has 2 rings (SSSR count). The first kappa shape index (κ1) is 15.3. The molecule has 1 aromatic rings. The molecule has 20 heavy (non-hydrogen) atoms. The molecule has 1 heterocycles. The summed E-state index contributed by atoms with van der Waals surface area (Å²) in [5.41, 5.74) is 1.59. The second kappa shape index (κ2) is 6.55. The summed E-state index contributed by atoms with van der Waals surface area (Å²) < 4.78 is 0. The number of hydrogen-bond donors (Lipinski definition) is 1. The maximum absolute atomic E-state index is 4.60. The van der Waals surface area contributed by atoms with Crippen LogP contribution in [0.1, 0.15) is 31.7 Å². The third kappa shape index (κ3) is 3.30. The summed E-state index contributed by atoms with van der Waals surface area (Å²) in [5, 5.41) is 3.32. The smallest absolute Gasteiger partial charge is 0.128 e. The molecule has 0 bridgehead atoms. The Morgan fingerprint density at radius 1 is 1.25 bits per heavy atom. The van der Waals surface area contributed by atoms with Crippen molar-refractivity contribution >= 4 is 5.82 Å². The molecule has 1 N–H and O–H groups in total. The lowest BCUT2D eigenvalue weighted by Gasteiger charge is -2.49. The van der Waals surface area contributed by atoms with Gasteiger partial charge in [0, 0.05) is 31.9 Å². The Labute approximate surface area is 123 Å². The molecule has 0 radical (unpaired) electrons. The van der Waals surface area contributed by atoms with Gasteiger partial charge in [0.15, 0.2) is 0 Å². The third-order valence-electron chi connectivity index (χ3n) is 4.54. The average molecular weight is 276 g/mol. The monoisotopic (exact) mass is 276 g/mol. The van der Waals surface area contributed by atoms with Crippen molar-refractivity contribution in [3.8, 4) is 0 Å². The van der Waals surface area contributed by atoms with Gasteiger partial charge in [-0.1, -0.05) is 13.0 Å². The van der Waals surface area contributed by atoms with Gasteiger partial charge in [-0.15, -0.1) is 0 Å². The van der Waals surface area contributed by atoms with Crippen molar-refractivity contribution < 1.29 is 0 Å². The highest BCUT2D eigenvalue weighted by atomic mass is 15.2. The molecule has 1 aliphatic carbocycles. The molecule has 0 unspecified atom stereocenters. The summed E-state index contributed by atoms with van der Waals surface area (Å²) in [7, 11) is 6.54. The summed E-state index contributed by atoms with van der Waals surface area (Å²) >= 11 is 0. The van der Waals surface area contributed by atoms with Crippen molar-refractivity contribution in [1.82, 2.24) is 15.2 Å². The van der Waals surface area contributed by atoms with Crippen molar-refractivity contribution in [2.75, 3.05) is 39.1 Å². The minimum absolute atomic E-state index is 0.346. The van der Waals surface area contributed by atoms with Crippen molar-refractivity contribution in [3.63, 3.8) is 0 Å². The minimum atomic E-state index is 0.346. The topological polar surface area (TPSA) is 31.4 Å². The second-order valence-corrected chi connectivity index (χ2v) is 6.13. The SMILES string of the molecule is CCNCc1ccc(N(C)CC2(N(C)C)CCC2)nc1. The predicted molar refractivity (Wildman–Crippen MR) is 85.2 cm³/mol. The molecule has 112 valence electrons. The first-order chi connectivity index (χ1) is 9.57. The Morgan fingerprint density at radius 3 is 2.45 bits per heavy atom. The molecule has 4 heteroatoms. The van der Waals surface area contributed by atoms with Gasteiger partial charge in [0.25, 0.3) is 0 Å². The summed E-state index contributed by atoms with van der Waals surface area (Å²) in [6, 6.07) is 4.30. The molecule has 1 fully saturated rings. The largest absolute Gasteiger partial charge is 0.358 e. The molecule has 0 aliphatic heterocycles. The van der Waals surface area contributed by atoms with Gasteiger partial charge in [0.2, 0.25) is 0 Å². The average Bonchev–Trinajstić information content (AvgIpc) is 2.40. The molecule has 0 aromatic carbocycles. The number of rotatable bonds is 7. The number of nitrogens with zero attached hydrogens (tertiary/aromatic N) is 3. The Balaban J connectivity index is 1.96. The van der Waals surface area contributed by atoms with E-state index in [1.54, 1.807) is 0 Å². The van der Waals surface area contributed by atoms with E-state index in [0.717, 1.165) is 25.5 Å². The molecule has 1 aromatic heterocycles. The fourth-order valence-electron chi connectivity index (χ4n) is 2.87. The molecule has 1 saturated carbocycles. The number of pyridine rings is 1. The van der Waals surface area contributed by atoms with Crippen LogP contribution in [0.15, 0.2) is 18.3 Å². The van der Waals surface area contributed by atoms with Gasteiger partial charge in [-0.25, -0.2) is 4.98 Å². The fourth-order valence-corrected chi connectivity index (χ4v) is 2.87. The van der Waals surface area contributed by atoms with Crippen LogP contribution < -0.4 is 10.2 Å². The van der Waals surface area contributed by atoms with Crippen LogP contribution in [0.5, 0.6) is 0 Å². The molecule has 1 aliphatic rings. The Morgan fingerprint density at radius 2 is 2.00 bits per heavy atom. The first-order valence-electron chi connectivity index (χ1n) is 7.61. The molecule has 0 amide bonds. The van der Waals surface area contributed by atoms with E-state index in [1.165, 1.54) is 24.8 Å². The standard InChI is InChI=1S/C16H28N4/c1-5-17-11-14-7-8-15(18-12-14)20(4)13-16(19(2)3)9-6-10-16/h7-8,12,17H,5-6,9-11,13H2,1-4H3. The highest BCUT2D eigenvalue weighted by Gasteiger charge is 2.40. The van der Waals surface area contributed by atoms with Gasteiger partial charge in [-0.3, -0.25) is 0 Å². The summed E-state index contributed by atoms with van der Waals surface area (Å²) in [5.74, 6) is 1.07. The number of anilines is 1. The van der Waals surface area contributed by atoms with Gasteiger partial charge in [0.1, 0.15) is 5.82 Å². The van der Waals surface area contributed by atoms with E-state index in [2.05, 4.69) is 60.3 Å². The molecular weight excluding hydrogens is 248 g/mol. The van der Waals surface area contributed by atoms with Crippen LogP contribution in [0, 0.1) is 0 Å². The lowest BCUT2D eigenvalue weighted by Crippen LogP contribution is -2.56. The predicted octanol–water partition coefficient (Wildman–Crippen LogP) is 2.11. The number of hydrogen-bond acceptors (Lipinski definition) is 4. The van der Waals surface area contributed by atoms with E-state index in [-0.39, 0.29) is 0 Å². The van der Waals surface area contributed by atoms with Crippen LogP contribution in [-0.2, 0) is 6.54 Å². The van der Waals surface area contributed by atoms with Gasteiger partial charge < -0.3 is 15.1 Å². The van der Waals surface area contributed by atoms with E-state index >= 15 is 0 Å². The third-order valence-corrected chi connectivity index (χ3v) is 4.54. The zero-order valence-electron chi connectivity index (χ0n) is 13.3. The van der Waals surface area contributed by atoms with Crippen LogP contribution in [0.3, 0.4) is 0 Å². The molecule has 0 saturated heterocycles. The van der Waals surface area contributed by atoms with Crippen LogP contribution in [0.4, 0.5) is 5.82 Å². The quantitative estimate of drug-likeness (QED) is 0.826. The molecule has 4 nitrogen and oxygen atoms in total. The molecule has 0 spiro atoms. The zero-order valence-corrected chi connectivity index (χ0v) is 13.3. The number of aromatic nitrogens is 1. The van der Waals surface area contributed by atoms with Crippen LogP contribution >= 0.6 is 0 Å². The van der Waals surface area contributed by atoms with E-state index in [0.29, 0.717) is 5.54 Å². The Hall–Kier alpha value is -1.13. The lowest BCUT2D eigenvalue weighted by molar-refractivity contribution is 0.0682. The summed E-state index contributed by atoms with van der Waals surface area (Å²) in [6.07, 6.45) is 5.92. The van der Waals surface area contributed by atoms with Gasteiger partial charge in [-0.05, 0) is 51.5 Å². The van der Waals surface area contributed by atoms with Crippen LogP contribution in [0.25, 0.3) is 0 Å². The van der Waals surface area contributed by atoms with Crippen LogP contribution in [-0.4, -0.2) is 49.7 Å². The number of nitrogens with one attached hydrogen (secondary N) is 1. The maximum Gasteiger partial charge on any atom is 0.128 e. The minimum Gasteiger partial charge on any atom is -0.358 e. The van der Waals surface area contributed by atoms with Gasteiger partial charge >= 0.3 is 0 Å². The van der Waals surface area contributed by atoms with Gasteiger partial charge in [-0.2, -0.15) is 0 Å². The van der Waals surface area contributed by atoms with Crippen molar-refractivity contribution in [1.29, 1.82) is 0 Å². The number of likely N-dealkylation sites (N-methyl/N-ethyl adjacent to an activating group) is 2. The zero-order chi connectivity index (χ0) is 14.6. The molecular formula is C16H28N4. The second-order valence-electron chi connectivity index (χ2n) is 6.13. The van der Waals surface area contributed by atoms with Crippen LogP contribution in [0.2, 0.25) is 0 Å². The van der Waals surface area contributed by atoms with E-state index < -0.39 is 0 Å². The maximum atomic E-state index is 4.60. The fraction of sp³-hybridized carbons (Fsp3) is 0.688. The first-order valence-corrected chi connectivity index (χ1v) is 7.61.